The second-order valence-corrected chi connectivity index (χ2v) is 17.8. The molecule has 0 bridgehead atoms. The van der Waals surface area contributed by atoms with Crippen molar-refractivity contribution in [2.45, 2.75) is 23.6 Å². The molecule has 0 aromatic heterocycles. The molecule has 4 aliphatic rings. The van der Waals surface area contributed by atoms with E-state index in [9.17, 15) is 9.59 Å². The summed E-state index contributed by atoms with van der Waals surface area (Å²) >= 11 is 3.33. The first-order valence-electron chi connectivity index (χ1n) is 21.4. The number of amidine groups is 2. The van der Waals surface area contributed by atoms with Gasteiger partial charge in [-0.3, -0.25) is 9.59 Å². The highest BCUT2D eigenvalue weighted by atomic mass is 32.2. The zero-order valence-corrected chi connectivity index (χ0v) is 39.1. The number of methoxy groups -OCH3 is 4. The second kappa shape index (κ2) is 19.2. The molecule has 0 amide bonds. The average molecular weight is 913 g/mol. The van der Waals surface area contributed by atoms with Crippen LogP contribution >= 0.6 is 23.5 Å². The summed E-state index contributed by atoms with van der Waals surface area (Å²) in [5.41, 5.74) is 10.8. The first-order chi connectivity index (χ1) is 32.2. The van der Waals surface area contributed by atoms with E-state index in [0.29, 0.717) is 5.56 Å². The maximum absolute atomic E-state index is 13.5. The van der Waals surface area contributed by atoms with Crippen LogP contribution in [0.1, 0.15) is 66.2 Å². The molecular formula is C54H48N4O6S2. The zero-order chi connectivity index (χ0) is 45.9. The monoisotopic (exact) mass is 912 g/mol. The summed E-state index contributed by atoms with van der Waals surface area (Å²) in [5.74, 6) is 4.80. The van der Waals surface area contributed by atoms with Gasteiger partial charge >= 0.3 is 0 Å². The van der Waals surface area contributed by atoms with Crippen molar-refractivity contribution in [3.8, 4) is 23.0 Å². The lowest BCUT2D eigenvalue weighted by molar-refractivity contribution is 0.101. The molecule has 0 spiro atoms. The first kappa shape index (κ1) is 44.2. The van der Waals surface area contributed by atoms with Crippen LogP contribution in [0, 0.1) is 0 Å². The van der Waals surface area contributed by atoms with E-state index in [1.165, 1.54) is 11.1 Å². The van der Waals surface area contributed by atoms with E-state index in [-0.39, 0.29) is 23.7 Å². The van der Waals surface area contributed by atoms with E-state index >= 15 is 0 Å². The quantitative estimate of drug-likeness (QED) is 0.132. The Hall–Kier alpha value is -7.02. The molecule has 6 aromatic carbocycles. The van der Waals surface area contributed by atoms with Crippen molar-refractivity contribution in [1.82, 2.24) is 9.80 Å². The van der Waals surface area contributed by atoms with Gasteiger partial charge in [0.15, 0.2) is 21.9 Å². The van der Waals surface area contributed by atoms with Crippen LogP contribution in [0.25, 0.3) is 11.4 Å². The molecule has 0 saturated carbocycles. The summed E-state index contributed by atoms with van der Waals surface area (Å²) in [4.78, 5) is 41.1. The lowest BCUT2D eigenvalue weighted by atomic mass is 9.93. The number of carbonyl (C=O) groups is 2. The number of fused-ring (bicyclic) bond motifs is 4. The number of benzene rings is 6. The SMILES string of the molecule is COc1ccc(CSC2=NC(c3cccc(OC)c3)C3=C(c4ccccc4C3=O)N2C)cc1.COc1ccc(CSC2=NC3=C(C(=O)c4ccccc43)C(c3cccc(OC)c3)N2C)cc1. The van der Waals surface area contributed by atoms with Gasteiger partial charge < -0.3 is 28.7 Å². The van der Waals surface area contributed by atoms with Crippen LogP contribution < -0.4 is 18.9 Å². The van der Waals surface area contributed by atoms with Gasteiger partial charge in [0.05, 0.1) is 57.0 Å². The summed E-state index contributed by atoms with van der Waals surface area (Å²) in [6.07, 6.45) is 0. The Bertz CT molecular complexity index is 2960. The van der Waals surface area contributed by atoms with Gasteiger partial charge in [0.2, 0.25) is 0 Å². The fourth-order valence-electron chi connectivity index (χ4n) is 8.66. The van der Waals surface area contributed by atoms with Gasteiger partial charge in [0.1, 0.15) is 29.0 Å². The minimum atomic E-state index is -0.385. The molecule has 0 radical (unpaired) electrons. The molecule has 0 saturated heterocycles. The number of ketones is 2. The second-order valence-electron chi connectivity index (χ2n) is 15.9. The standard InChI is InChI=1S/2C27H24N2O3S/c1-29-25(18-7-6-8-20(15-18)32-3)23-24(21-9-4-5-10-22(21)26(23)30)28-27(29)33-16-17-11-13-19(31-2)14-12-17;1-29-25-21-9-4-5-10-22(21)26(30)23(25)24(18-7-6-8-20(15-18)32-3)28-27(29)33-16-17-11-13-19(31-2)14-12-17/h4-15,25H,16H2,1-3H3;4-15,24H,16H2,1-3H3. The van der Waals surface area contributed by atoms with Crippen LogP contribution in [0.2, 0.25) is 0 Å². The van der Waals surface area contributed by atoms with Gasteiger partial charge in [-0.25, -0.2) is 9.98 Å². The van der Waals surface area contributed by atoms with Crippen LogP contribution in [0.15, 0.2) is 167 Å². The Balaban J connectivity index is 0.000000166. The van der Waals surface area contributed by atoms with Crippen molar-refractivity contribution < 1.29 is 28.5 Å². The van der Waals surface area contributed by atoms with Crippen molar-refractivity contribution in [3.63, 3.8) is 0 Å². The molecule has 2 atom stereocenters. The third-order valence-corrected chi connectivity index (χ3v) is 14.3. The normalized spacial score (nSPS) is 16.9. The van der Waals surface area contributed by atoms with E-state index in [0.717, 1.165) is 95.2 Å². The summed E-state index contributed by atoms with van der Waals surface area (Å²) in [7, 11) is 10.6. The maximum Gasteiger partial charge on any atom is 0.194 e. The number of ether oxygens (including phenoxy) is 4. The number of rotatable bonds is 10. The third-order valence-electron chi connectivity index (χ3n) is 12.0. The van der Waals surface area contributed by atoms with Gasteiger partial charge in [0.25, 0.3) is 0 Å². The summed E-state index contributed by atoms with van der Waals surface area (Å²) < 4.78 is 21.4. The Morgan fingerprint density at radius 2 is 1.00 bits per heavy atom. The van der Waals surface area contributed by atoms with E-state index in [1.54, 1.807) is 52.0 Å². The minimum Gasteiger partial charge on any atom is -0.497 e. The number of carbonyl (C=O) groups excluding carboxylic acids is 2. The molecular weight excluding hydrogens is 865 g/mol. The van der Waals surface area contributed by atoms with Gasteiger partial charge in [-0.2, -0.15) is 0 Å². The molecule has 0 fully saturated rings. The number of Topliss-reactive ketones (excluding diaryl/α,β-unsaturated/α-hetero) is 2. The van der Waals surface area contributed by atoms with Gasteiger partial charge in [-0.1, -0.05) is 121 Å². The predicted octanol–water partition coefficient (Wildman–Crippen LogP) is 11.2. The molecule has 332 valence electrons. The van der Waals surface area contributed by atoms with Crippen molar-refractivity contribution in [2.75, 3.05) is 42.5 Å². The Kier molecular flexibility index (Phi) is 12.9. The predicted molar refractivity (Wildman–Crippen MR) is 266 cm³/mol. The van der Waals surface area contributed by atoms with Crippen LogP contribution in [0.4, 0.5) is 0 Å². The average Bonchev–Trinajstić information content (AvgIpc) is 3.83. The van der Waals surface area contributed by atoms with Crippen LogP contribution in [-0.2, 0) is 11.5 Å². The summed E-state index contributed by atoms with van der Waals surface area (Å²) in [5, 5.41) is 1.75. The molecule has 2 aliphatic heterocycles. The largest absolute Gasteiger partial charge is 0.497 e. The lowest BCUT2D eigenvalue weighted by Gasteiger charge is -2.35. The molecule has 0 N–H and O–H groups in total. The van der Waals surface area contributed by atoms with Gasteiger partial charge in [0, 0.05) is 47.9 Å². The third kappa shape index (κ3) is 8.50. The van der Waals surface area contributed by atoms with E-state index in [1.807, 2.05) is 135 Å². The molecule has 2 unspecified atom stereocenters. The first-order valence-corrected chi connectivity index (χ1v) is 23.4. The summed E-state index contributed by atoms with van der Waals surface area (Å²) in [6, 6.07) is 46.8. The number of thioether (sulfide) groups is 2. The number of nitrogens with zero attached hydrogens (tertiary/aromatic N) is 4. The van der Waals surface area contributed by atoms with Crippen molar-refractivity contribution in [1.29, 1.82) is 0 Å². The highest BCUT2D eigenvalue weighted by molar-refractivity contribution is 8.13. The van der Waals surface area contributed by atoms with Crippen molar-refractivity contribution in [3.05, 3.63) is 201 Å². The fraction of sp³-hybridized carbons (Fsp3) is 0.185. The van der Waals surface area contributed by atoms with Crippen LogP contribution in [-0.4, -0.2) is 74.2 Å². The highest BCUT2D eigenvalue weighted by Gasteiger charge is 2.42. The number of hydrogen-bond acceptors (Lipinski definition) is 12. The van der Waals surface area contributed by atoms with Crippen molar-refractivity contribution in [2.24, 2.45) is 9.98 Å². The number of hydrogen-bond donors (Lipinski definition) is 0. The molecule has 66 heavy (non-hydrogen) atoms. The topological polar surface area (TPSA) is 102 Å². The Morgan fingerprint density at radius 1 is 0.515 bits per heavy atom. The number of aliphatic imine (C=N–C) groups is 2. The summed E-state index contributed by atoms with van der Waals surface area (Å²) in [6.45, 7) is 0. The van der Waals surface area contributed by atoms with Crippen LogP contribution in [0.3, 0.4) is 0 Å². The Labute approximate surface area is 393 Å². The molecule has 10 rings (SSSR count). The van der Waals surface area contributed by atoms with Crippen molar-refractivity contribution >= 4 is 56.8 Å². The zero-order valence-electron chi connectivity index (χ0n) is 37.5. The minimum absolute atomic E-state index is 0.0447. The molecule has 2 heterocycles. The smallest absolute Gasteiger partial charge is 0.194 e. The molecule has 6 aromatic rings. The molecule has 2 aliphatic carbocycles. The fourth-order valence-corrected chi connectivity index (χ4v) is 10.6. The van der Waals surface area contributed by atoms with Gasteiger partial charge in [-0.15, -0.1) is 0 Å². The number of likely N-dealkylation sites (N-methyl/N-ethyl adjacent to an activating group) is 1. The van der Waals surface area contributed by atoms with E-state index in [2.05, 4.69) is 34.1 Å². The maximum atomic E-state index is 13.5. The van der Waals surface area contributed by atoms with Gasteiger partial charge in [-0.05, 0) is 70.8 Å². The van der Waals surface area contributed by atoms with Crippen LogP contribution in [0.5, 0.6) is 23.0 Å². The lowest BCUT2D eigenvalue weighted by Crippen LogP contribution is -2.34. The van der Waals surface area contributed by atoms with E-state index in [4.69, 9.17) is 28.9 Å². The van der Waals surface area contributed by atoms with E-state index < -0.39 is 0 Å². The Morgan fingerprint density at radius 3 is 1.58 bits per heavy atom. The molecule has 12 heteroatoms. The molecule has 10 nitrogen and oxygen atoms in total. The highest BCUT2D eigenvalue weighted by Crippen LogP contribution is 2.48.